The summed E-state index contributed by atoms with van der Waals surface area (Å²) in [6.07, 6.45) is 2.78. The first-order valence-electron chi connectivity index (χ1n) is 2.89. The van der Waals surface area contributed by atoms with E-state index >= 15 is 0 Å². The molecule has 10 heavy (non-hydrogen) atoms. The number of rotatable bonds is 0. The summed E-state index contributed by atoms with van der Waals surface area (Å²) < 4.78 is 0. The first kappa shape index (κ1) is 10.2. The van der Waals surface area contributed by atoms with Crippen LogP contribution in [0.4, 0.5) is 0 Å². The summed E-state index contributed by atoms with van der Waals surface area (Å²) in [7, 11) is 0. The molecule has 0 unspecified atom stereocenters. The van der Waals surface area contributed by atoms with Gasteiger partial charge in [-0.05, 0) is 25.2 Å². The van der Waals surface area contributed by atoms with Gasteiger partial charge in [0.05, 0.1) is 0 Å². The summed E-state index contributed by atoms with van der Waals surface area (Å²) in [6, 6.07) is 0. The second-order valence-electron chi connectivity index (χ2n) is 2.09. The molecule has 0 fully saturated rings. The number of aromatic nitrogens is 2. The molecule has 0 aliphatic heterocycles. The first-order chi connectivity index (χ1) is 4.20. The number of hydrogen-bond donors (Lipinski definition) is 0. The van der Waals surface area contributed by atoms with Crippen molar-refractivity contribution in [1.82, 2.24) is 9.97 Å². The molecule has 0 aliphatic rings. The molecular weight excluding hydrogens is 201 g/mol. The molecule has 0 saturated heterocycles. The molecular formula is C7H9N2Y+2. The monoisotopic (exact) mass is 210 g/mol. The first-order valence-corrected chi connectivity index (χ1v) is 2.89. The van der Waals surface area contributed by atoms with E-state index in [4.69, 9.17) is 0 Å². The third-order valence-electron chi connectivity index (χ3n) is 1.24. The van der Waals surface area contributed by atoms with E-state index in [2.05, 4.69) is 16.2 Å². The van der Waals surface area contributed by atoms with E-state index in [1.165, 1.54) is 0 Å². The summed E-state index contributed by atoms with van der Waals surface area (Å²) in [4.78, 5) is 8.15. The van der Waals surface area contributed by atoms with E-state index < -0.39 is 0 Å². The van der Waals surface area contributed by atoms with Crippen LogP contribution in [0.2, 0.25) is 0 Å². The predicted octanol–water partition coefficient (Wildman–Crippen LogP) is 1.20. The van der Waals surface area contributed by atoms with Gasteiger partial charge >= 0.3 is 32.7 Å². The van der Waals surface area contributed by atoms with E-state index in [-0.39, 0.29) is 32.7 Å². The Morgan fingerprint density at radius 2 is 1.70 bits per heavy atom. The Labute approximate surface area is 86.3 Å². The van der Waals surface area contributed by atoms with Crippen LogP contribution in [0, 0.1) is 27.0 Å². The van der Waals surface area contributed by atoms with Crippen LogP contribution in [0.5, 0.6) is 0 Å². The summed E-state index contributed by atoms with van der Waals surface area (Å²) in [6.45, 7) is 5.76. The van der Waals surface area contributed by atoms with E-state index in [1.807, 2.05) is 20.8 Å². The quantitative estimate of drug-likeness (QED) is 0.601. The number of hydrogen-bond acceptors (Lipinski definition) is 2. The molecule has 0 saturated carbocycles. The Morgan fingerprint density at radius 1 is 1.10 bits per heavy atom. The van der Waals surface area contributed by atoms with Crippen molar-refractivity contribution < 1.29 is 32.7 Å². The zero-order valence-corrected chi connectivity index (χ0v) is 9.31. The number of aryl methyl sites for hydroxylation is 3. The van der Waals surface area contributed by atoms with Gasteiger partial charge in [0.2, 0.25) is 0 Å². The topological polar surface area (TPSA) is 25.8 Å². The van der Waals surface area contributed by atoms with Gasteiger partial charge in [0.15, 0.2) is 0 Å². The number of nitrogens with zero attached hydrogens (tertiary/aromatic N) is 2. The van der Waals surface area contributed by atoms with Gasteiger partial charge in [-0.15, -0.1) is 6.20 Å². The molecule has 2 nitrogen and oxygen atoms in total. The fourth-order valence-corrected chi connectivity index (χ4v) is 0.603. The van der Waals surface area contributed by atoms with Crippen molar-refractivity contribution in [2.45, 2.75) is 20.8 Å². The van der Waals surface area contributed by atoms with Crippen LogP contribution in [0.15, 0.2) is 0 Å². The average Bonchev–Trinajstić information content (AvgIpc) is 1.80. The van der Waals surface area contributed by atoms with E-state index in [1.54, 1.807) is 0 Å². The summed E-state index contributed by atoms with van der Waals surface area (Å²) >= 11 is 0. The molecule has 0 atom stereocenters. The van der Waals surface area contributed by atoms with Crippen molar-refractivity contribution in [3.05, 3.63) is 23.3 Å². The fraction of sp³-hybridized carbons (Fsp3) is 0.429. The molecule has 0 aromatic carbocycles. The van der Waals surface area contributed by atoms with E-state index in [0.717, 1.165) is 17.1 Å². The summed E-state index contributed by atoms with van der Waals surface area (Å²) in [5.41, 5.74) is 2.81. The van der Waals surface area contributed by atoms with Gasteiger partial charge in [0.1, 0.15) is 0 Å². The van der Waals surface area contributed by atoms with E-state index in [0.29, 0.717) is 0 Å². The van der Waals surface area contributed by atoms with Crippen molar-refractivity contribution in [3.63, 3.8) is 0 Å². The molecule has 0 bridgehead atoms. The average molecular weight is 210 g/mol. The van der Waals surface area contributed by atoms with Gasteiger partial charge in [-0.3, -0.25) is 4.98 Å². The summed E-state index contributed by atoms with van der Waals surface area (Å²) in [5, 5.41) is 0. The van der Waals surface area contributed by atoms with Crippen molar-refractivity contribution >= 4 is 0 Å². The molecule has 1 aromatic heterocycles. The Morgan fingerprint density at radius 3 is 2.10 bits per heavy atom. The van der Waals surface area contributed by atoms with Gasteiger partial charge in [-0.25, -0.2) is 0 Å². The third kappa shape index (κ3) is 2.43. The largest absolute Gasteiger partial charge is 3.00 e. The maximum Gasteiger partial charge on any atom is 3.00 e. The molecule has 1 heterocycles. The van der Waals surface area contributed by atoms with Crippen LogP contribution < -0.4 is 0 Å². The molecule has 48 valence electrons. The van der Waals surface area contributed by atoms with Crippen LogP contribution in [-0.2, 0) is 32.7 Å². The van der Waals surface area contributed by atoms with Crippen LogP contribution in [0.1, 0.15) is 17.1 Å². The molecule has 0 spiro atoms. The SMILES string of the molecule is Cc1[c-]nc(C)c(C)n1.[Y+3]. The van der Waals surface area contributed by atoms with Gasteiger partial charge in [-0.1, -0.05) is 12.6 Å². The Kier molecular flexibility index (Phi) is 4.22. The van der Waals surface area contributed by atoms with Gasteiger partial charge in [0.25, 0.3) is 0 Å². The maximum atomic E-state index is 4.16. The fourth-order valence-electron chi connectivity index (χ4n) is 0.603. The second-order valence-corrected chi connectivity index (χ2v) is 2.09. The Hall–Kier alpha value is 0.184. The van der Waals surface area contributed by atoms with Crippen molar-refractivity contribution in [1.29, 1.82) is 0 Å². The van der Waals surface area contributed by atoms with Crippen molar-refractivity contribution in [3.8, 4) is 0 Å². The van der Waals surface area contributed by atoms with Crippen LogP contribution in [0.25, 0.3) is 0 Å². The Balaban J connectivity index is 0.000000810. The van der Waals surface area contributed by atoms with Crippen molar-refractivity contribution in [2.24, 2.45) is 0 Å². The van der Waals surface area contributed by atoms with Crippen LogP contribution in [0.3, 0.4) is 0 Å². The molecule has 0 aliphatic carbocycles. The van der Waals surface area contributed by atoms with Crippen molar-refractivity contribution in [2.75, 3.05) is 0 Å². The molecule has 0 N–H and O–H groups in total. The second kappa shape index (κ2) is 4.14. The predicted molar refractivity (Wildman–Crippen MR) is 35.1 cm³/mol. The van der Waals surface area contributed by atoms with Crippen LogP contribution in [-0.4, -0.2) is 9.97 Å². The zero-order chi connectivity index (χ0) is 6.85. The van der Waals surface area contributed by atoms with E-state index in [9.17, 15) is 0 Å². The third-order valence-corrected chi connectivity index (χ3v) is 1.24. The van der Waals surface area contributed by atoms with Gasteiger partial charge < -0.3 is 4.98 Å². The normalized spacial score (nSPS) is 8.70. The minimum absolute atomic E-state index is 0. The standard InChI is InChI=1S/C7H9N2.Y/c1-5-4-8-6(2)7(3)9-5;/h1-3H3;/q-1;+3. The molecule has 0 radical (unpaired) electrons. The smallest absolute Gasteiger partial charge is 0.453 e. The maximum absolute atomic E-state index is 4.16. The molecule has 3 heteroatoms. The molecule has 1 rings (SSSR count). The van der Waals surface area contributed by atoms with Gasteiger partial charge in [-0.2, -0.15) is 0 Å². The summed E-state index contributed by atoms with van der Waals surface area (Å²) in [5.74, 6) is 0. The minimum atomic E-state index is 0. The van der Waals surface area contributed by atoms with Gasteiger partial charge in [0, 0.05) is 0 Å². The Bertz CT molecular complexity index is 223. The van der Waals surface area contributed by atoms with Crippen LogP contribution >= 0.6 is 0 Å². The molecule has 0 amide bonds. The minimum Gasteiger partial charge on any atom is -0.453 e. The zero-order valence-electron chi connectivity index (χ0n) is 6.47. The molecule has 1 aromatic rings.